The molecule has 0 bridgehead atoms. The molecule has 8 heteroatoms. The second kappa shape index (κ2) is 3.50. The highest BCUT2D eigenvalue weighted by molar-refractivity contribution is 5.66. The van der Waals surface area contributed by atoms with E-state index < -0.39 is 0 Å². The van der Waals surface area contributed by atoms with Crippen molar-refractivity contribution in [1.82, 2.24) is 40.8 Å². The van der Waals surface area contributed by atoms with Gasteiger partial charge in [0.2, 0.25) is 5.82 Å². The van der Waals surface area contributed by atoms with Gasteiger partial charge >= 0.3 is 0 Å². The van der Waals surface area contributed by atoms with Crippen LogP contribution in [0.5, 0.6) is 0 Å². The lowest BCUT2D eigenvalue weighted by atomic mass is 10.1. The molecule has 0 aliphatic heterocycles. The molecule has 2 heterocycles. The summed E-state index contributed by atoms with van der Waals surface area (Å²) in [5.41, 5.74) is 1.61. The molecular formula is C8H6N8. The SMILES string of the molecule is c1ccc(-n2cnnn2)c(-c2nn[nH]n2)c1. The summed E-state index contributed by atoms with van der Waals surface area (Å²) in [7, 11) is 0. The van der Waals surface area contributed by atoms with E-state index in [-0.39, 0.29) is 0 Å². The minimum atomic E-state index is 0.506. The van der Waals surface area contributed by atoms with Gasteiger partial charge in [0.25, 0.3) is 0 Å². The molecule has 0 spiro atoms. The summed E-state index contributed by atoms with van der Waals surface area (Å²) in [6.45, 7) is 0. The van der Waals surface area contributed by atoms with Crippen molar-refractivity contribution in [2.24, 2.45) is 0 Å². The summed E-state index contributed by atoms with van der Waals surface area (Å²) < 4.78 is 1.55. The third-order valence-electron chi connectivity index (χ3n) is 2.09. The van der Waals surface area contributed by atoms with Gasteiger partial charge in [0, 0.05) is 5.56 Å². The number of benzene rings is 1. The Morgan fingerprint density at radius 3 is 2.88 bits per heavy atom. The predicted molar refractivity (Wildman–Crippen MR) is 52.3 cm³/mol. The maximum Gasteiger partial charge on any atom is 0.206 e. The van der Waals surface area contributed by atoms with E-state index in [1.54, 1.807) is 4.68 Å². The highest BCUT2D eigenvalue weighted by atomic mass is 15.5. The molecule has 0 radical (unpaired) electrons. The first-order valence-electron chi connectivity index (χ1n) is 4.51. The summed E-state index contributed by atoms with van der Waals surface area (Å²) in [5.74, 6) is 0.506. The number of rotatable bonds is 2. The Labute approximate surface area is 89.3 Å². The number of para-hydroxylation sites is 1. The van der Waals surface area contributed by atoms with Gasteiger partial charge in [-0.1, -0.05) is 12.1 Å². The molecule has 0 aliphatic carbocycles. The van der Waals surface area contributed by atoms with Crippen LogP contribution >= 0.6 is 0 Å². The van der Waals surface area contributed by atoms with Crippen molar-refractivity contribution >= 4 is 0 Å². The van der Waals surface area contributed by atoms with Crippen LogP contribution in [0.4, 0.5) is 0 Å². The third-order valence-corrected chi connectivity index (χ3v) is 2.09. The Morgan fingerprint density at radius 2 is 2.12 bits per heavy atom. The number of aromatic nitrogens is 8. The van der Waals surface area contributed by atoms with Gasteiger partial charge in [0.15, 0.2) is 0 Å². The minimum Gasteiger partial charge on any atom is -0.200 e. The summed E-state index contributed by atoms with van der Waals surface area (Å²) in [4.78, 5) is 0. The van der Waals surface area contributed by atoms with Gasteiger partial charge in [-0.2, -0.15) is 9.90 Å². The number of tetrazole rings is 2. The van der Waals surface area contributed by atoms with Crippen LogP contribution in [-0.4, -0.2) is 40.8 Å². The van der Waals surface area contributed by atoms with Crippen LogP contribution in [0, 0.1) is 0 Å². The molecule has 1 aromatic carbocycles. The van der Waals surface area contributed by atoms with Gasteiger partial charge in [0.1, 0.15) is 6.33 Å². The molecule has 0 saturated carbocycles. The molecule has 0 fully saturated rings. The Balaban J connectivity index is 2.19. The third kappa shape index (κ3) is 1.32. The summed E-state index contributed by atoms with van der Waals surface area (Å²) in [6.07, 6.45) is 1.51. The second-order valence-corrected chi connectivity index (χ2v) is 3.01. The van der Waals surface area contributed by atoms with Gasteiger partial charge < -0.3 is 0 Å². The normalized spacial score (nSPS) is 10.5. The van der Waals surface area contributed by atoms with Crippen LogP contribution in [0.3, 0.4) is 0 Å². The number of nitrogens with one attached hydrogen (secondary N) is 1. The zero-order valence-corrected chi connectivity index (χ0v) is 8.02. The molecule has 16 heavy (non-hydrogen) atoms. The molecule has 3 aromatic rings. The maximum absolute atomic E-state index is 3.93. The summed E-state index contributed by atoms with van der Waals surface area (Å²) in [5, 5.41) is 24.8. The highest BCUT2D eigenvalue weighted by Crippen LogP contribution is 2.21. The van der Waals surface area contributed by atoms with Crippen molar-refractivity contribution in [3.05, 3.63) is 30.6 Å². The first kappa shape index (κ1) is 8.65. The smallest absolute Gasteiger partial charge is 0.200 e. The standard InChI is InChI=1S/C8H6N8/c1-2-4-7(16-5-9-12-15-16)6(3-1)8-10-13-14-11-8/h1-5H,(H,10,11,13,14). The Hall–Kier alpha value is -2.64. The van der Waals surface area contributed by atoms with Gasteiger partial charge in [0.05, 0.1) is 5.69 Å². The van der Waals surface area contributed by atoms with Crippen LogP contribution in [0.1, 0.15) is 0 Å². The number of hydrogen-bond acceptors (Lipinski definition) is 6. The molecule has 0 amide bonds. The molecule has 0 aliphatic rings. The minimum absolute atomic E-state index is 0.506. The lowest BCUT2D eigenvalue weighted by Crippen LogP contribution is -1.98. The summed E-state index contributed by atoms with van der Waals surface area (Å²) >= 11 is 0. The van der Waals surface area contributed by atoms with E-state index >= 15 is 0 Å². The fraction of sp³-hybridized carbons (Fsp3) is 0. The topological polar surface area (TPSA) is 98.1 Å². The quantitative estimate of drug-likeness (QED) is 0.636. The largest absolute Gasteiger partial charge is 0.206 e. The average molecular weight is 214 g/mol. The second-order valence-electron chi connectivity index (χ2n) is 3.01. The van der Waals surface area contributed by atoms with Crippen molar-refractivity contribution in [1.29, 1.82) is 0 Å². The van der Waals surface area contributed by atoms with E-state index in [1.807, 2.05) is 24.3 Å². The van der Waals surface area contributed by atoms with Crippen molar-refractivity contribution in [2.45, 2.75) is 0 Å². The van der Waals surface area contributed by atoms with E-state index in [9.17, 15) is 0 Å². The highest BCUT2D eigenvalue weighted by Gasteiger charge is 2.10. The van der Waals surface area contributed by atoms with Gasteiger partial charge in [-0.3, -0.25) is 0 Å². The number of nitrogens with zero attached hydrogens (tertiary/aromatic N) is 7. The zero-order chi connectivity index (χ0) is 10.8. The first-order valence-corrected chi connectivity index (χ1v) is 4.51. The van der Waals surface area contributed by atoms with E-state index in [1.165, 1.54) is 6.33 Å². The molecule has 2 aromatic heterocycles. The fourth-order valence-corrected chi connectivity index (χ4v) is 1.41. The van der Waals surface area contributed by atoms with Gasteiger partial charge in [-0.05, 0) is 27.8 Å². The monoisotopic (exact) mass is 214 g/mol. The molecule has 78 valence electrons. The van der Waals surface area contributed by atoms with E-state index in [2.05, 4.69) is 36.1 Å². The number of aromatic amines is 1. The van der Waals surface area contributed by atoms with E-state index in [0.29, 0.717) is 5.82 Å². The molecular weight excluding hydrogens is 208 g/mol. The Bertz CT molecular complexity index is 517. The maximum atomic E-state index is 3.93. The average Bonchev–Trinajstić information content (AvgIpc) is 3.03. The first-order chi connectivity index (χ1) is 7.95. The molecule has 1 N–H and O–H groups in total. The summed E-state index contributed by atoms with van der Waals surface area (Å²) in [6, 6.07) is 7.53. The lowest BCUT2D eigenvalue weighted by Gasteiger charge is -2.03. The molecule has 3 rings (SSSR count). The predicted octanol–water partition coefficient (Wildman–Crippen LogP) is -0.158. The Morgan fingerprint density at radius 1 is 1.19 bits per heavy atom. The van der Waals surface area contributed by atoms with Gasteiger partial charge in [-0.15, -0.1) is 15.3 Å². The Kier molecular flexibility index (Phi) is 1.89. The van der Waals surface area contributed by atoms with E-state index in [0.717, 1.165) is 11.3 Å². The van der Waals surface area contributed by atoms with Crippen molar-refractivity contribution in [2.75, 3.05) is 0 Å². The van der Waals surface area contributed by atoms with Crippen molar-refractivity contribution < 1.29 is 0 Å². The molecule has 0 unspecified atom stereocenters. The van der Waals surface area contributed by atoms with Crippen LogP contribution in [0.25, 0.3) is 17.1 Å². The zero-order valence-electron chi connectivity index (χ0n) is 8.02. The van der Waals surface area contributed by atoms with Crippen molar-refractivity contribution in [3.63, 3.8) is 0 Å². The molecule has 8 nitrogen and oxygen atoms in total. The fourth-order valence-electron chi connectivity index (χ4n) is 1.41. The molecule has 0 saturated heterocycles. The van der Waals surface area contributed by atoms with E-state index in [4.69, 9.17) is 0 Å². The number of H-pyrrole nitrogens is 1. The van der Waals surface area contributed by atoms with Crippen LogP contribution in [0.2, 0.25) is 0 Å². The van der Waals surface area contributed by atoms with Crippen LogP contribution in [0.15, 0.2) is 30.6 Å². The molecule has 0 atom stereocenters. The van der Waals surface area contributed by atoms with Gasteiger partial charge in [-0.25, -0.2) is 0 Å². The lowest BCUT2D eigenvalue weighted by molar-refractivity contribution is 0.789. The number of hydrogen-bond donors (Lipinski definition) is 1. The van der Waals surface area contributed by atoms with Crippen molar-refractivity contribution in [3.8, 4) is 17.1 Å². The van der Waals surface area contributed by atoms with Crippen LogP contribution in [-0.2, 0) is 0 Å². The van der Waals surface area contributed by atoms with Crippen LogP contribution < -0.4 is 0 Å².